The summed E-state index contributed by atoms with van der Waals surface area (Å²) >= 11 is 0. The van der Waals surface area contributed by atoms with Gasteiger partial charge in [-0.2, -0.15) is 0 Å². The van der Waals surface area contributed by atoms with E-state index < -0.39 is 0 Å². The minimum atomic E-state index is 0.182. The largest absolute Gasteiger partial charge is 0.357 e. The number of amides is 1. The first-order valence-electron chi connectivity index (χ1n) is 11.0. The van der Waals surface area contributed by atoms with Crippen molar-refractivity contribution < 1.29 is 4.79 Å². The average Bonchev–Trinajstić information content (AvgIpc) is 2.73. The molecule has 1 fully saturated rings. The number of guanidine groups is 1. The van der Waals surface area contributed by atoms with Crippen molar-refractivity contribution in [3.05, 3.63) is 35.4 Å². The van der Waals surface area contributed by atoms with Crippen molar-refractivity contribution >= 4 is 11.9 Å². The van der Waals surface area contributed by atoms with Gasteiger partial charge < -0.3 is 15.5 Å². The first-order valence-corrected chi connectivity index (χ1v) is 11.0. The summed E-state index contributed by atoms with van der Waals surface area (Å²) in [4.78, 5) is 19.4. The van der Waals surface area contributed by atoms with Crippen LogP contribution in [0.3, 0.4) is 0 Å². The van der Waals surface area contributed by atoms with Gasteiger partial charge in [0, 0.05) is 31.6 Å². The van der Waals surface area contributed by atoms with E-state index in [0.29, 0.717) is 18.5 Å². The van der Waals surface area contributed by atoms with Crippen molar-refractivity contribution in [1.29, 1.82) is 0 Å². The van der Waals surface area contributed by atoms with Gasteiger partial charge in [-0.25, -0.2) is 4.99 Å². The first-order chi connectivity index (χ1) is 13.6. The van der Waals surface area contributed by atoms with Crippen LogP contribution in [0.15, 0.2) is 29.3 Å². The summed E-state index contributed by atoms with van der Waals surface area (Å²) in [6, 6.07) is 8.87. The molecule has 0 aliphatic carbocycles. The summed E-state index contributed by atoms with van der Waals surface area (Å²) in [5.41, 5.74) is 2.64. The van der Waals surface area contributed by atoms with Gasteiger partial charge in [0.1, 0.15) is 0 Å². The molecule has 0 atom stereocenters. The third-order valence-electron chi connectivity index (χ3n) is 5.73. The number of benzene rings is 1. The van der Waals surface area contributed by atoms with Crippen LogP contribution in [0.5, 0.6) is 0 Å². The van der Waals surface area contributed by atoms with Crippen molar-refractivity contribution in [2.24, 2.45) is 10.9 Å². The highest BCUT2D eigenvalue weighted by atomic mass is 16.2. The van der Waals surface area contributed by atoms with Gasteiger partial charge in [0.05, 0.1) is 6.54 Å². The Morgan fingerprint density at radius 3 is 2.32 bits per heavy atom. The van der Waals surface area contributed by atoms with Crippen LogP contribution in [0.4, 0.5) is 0 Å². The van der Waals surface area contributed by atoms with Crippen LogP contribution in [0.2, 0.25) is 0 Å². The fraction of sp³-hybridized carbons (Fsp3) is 0.652. The summed E-state index contributed by atoms with van der Waals surface area (Å²) < 4.78 is 0. The monoisotopic (exact) mass is 386 g/mol. The Bertz CT molecular complexity index is 631. The van der Waals surface area contributed by atoms with Crippen molar-refractivity contribution in [3.63, 3.8) is 0 Å². The SMILES string of the molecule is CCNC(=NCc1ccccc1CC)NC1CCN(C(=O)C(CC)CC)CC1. The van der Waals surface area contributed by atoms with Gasteiger partial charge in [-0.1, -0.05) is 45.0 Å². The number of rotatable bonds is 8. The molecule has 0 spiro atoms. The Morgan fingerprint density at radius 1 is 1.11 bits per heavy atom. The van der Waals surface area contributed by atoms with E-state index in [0.717, 1.165) is 57.7 Å². The standard InChI is InChI=1S/C23H38N4O/c1-5-18(6-2)22(28)27-15-13-21(14-16-27)26-23(24-8-4)25-17-20-12-10-9-11-19(20)7-3/h9-12,18,21H,5-8,13-17H2,1-4H3,(H2,24,25,26). The summed E-state index contributed by atoms with van der Waals surface area (Å²) in [7, 11) is 0. The Morgan fingerprint density at radius 2 is 1.75 bits per heavy atom. The predicted octanol–water partition coefficient (Wildman–Crippen LogP) is 3.73. The second-order valence-electron chi connectivity index (χ2n) is 7.57. The lowest BCUT2D eigenvalue weighted by Gasteiger charge is -2.34. The first kappa shape index (κ1) is 22.3. The maximum Gasteiger partial charge on any atom is 0.225 e. The Kier molecular flexibility index (Phi) is 9.32. The molecule has 5 nitrogen and oxygen atoms in total. The van der Waals surface area contributed by atoms with Gasteiger partial charge in [0.25, 0.3) is 0 Å². The summed E-state index contributed by atoms with van der Waals surface area (Å²) in [5, 5.41) is 6.95. The second-order valence-corrected chi connectivity index (χ2v) is 7.57. The van der Waals surface area contributed by atoms with Crippen molar-refractivity contribution in [2.75, 3.05) is 19.6 Å². The van der Waals surface area contributed by atoms with Gasteiger partial charge in [-0.05, 0) is 50.2 Å². The number of nitrogens with zero attached hydrogens (tertiary/aromatic N) is 2. The number of carbonyl (C=O) groups excluding carboxylic acids is 1. The Balaban J connectivity index is 1.92. The Labute approximate surface area is 171 Å². The van der Waals surface area contributed by atoms with E-state index >= 15 is 0 Å². The molecule has 0 saturated carbocycles. The molecule has 2 rings (SSSR count). The zero-order chi connectivity index (χ0) is 20.4. The molecule has 1 saturated heterocycles. The van der Waals surface area contributed by atoms with Crippen LogP contribution < -0.4 is 10.6 Å². The van der Waals surface area contributed by atoms with E-state index in [1.807, 2.05) is 0 Å². The van der Waals surface area contributed by atoms with Crippen molar-refractivity contribution in [3.8, 4) is 0 Å². The molecule has 0 radical (unpaired) electrons. The average molecular weight is 387 g/mol. The topological polar surface area (TPSA) is 56.7 Å². The van der Waals surface area contributed by atoms with Crippen LogP contribution >= 0.6 is 0 Å². The zero-order valence-electron chi connectivity index (χ0n) is 18.1. The Hall–Kier alpha value is -2.04. The van der Waals surface area contributed by atoms with E-state index in [1.54, 1.807) is 0 Å². The number of hydrogen-bond acceptors (Lipinski definition) is 2. The zero-order valence-corrected chi connectivity index (χ0v) is 18.1. The fourth-order valence-electron chi connectivity index (χ4n) is 3.87. The van der Waals surface area contributed by atoms with Gasteiger partial charge in [-0.3, -0.25) is 4.79 Å². The predicted molar refractivity (Wildman–Crippen MR) is 117 cm³/mol. The van der Waals surface area contributed by atoms with Gasteiger partial charge >= 0.3 is 0 Å². The smallest absolute Gasteiger partial charge is 0.225 e. The molecule has 1 aliphatic rings. The van der Waals surface area contributed by atoms with Crippen LogP contribution in [0.1, 0.15) is 64.5 Å². The van der Waals surface area contributed by atoms with Gasteiger partial charge in [0.2, 0.25) is 5.91 Å². The normalized spacial score (nSPS) is 15.8. The lowest BCUT2D eigenvalue weighted by Crippen LogP contribution is -2.50. The highest BCUT2D eigenvalue weighted by molar-refractivity contribution is 5.80. The van der Waals surface area contributed by atoms with E-state index in [9.17, 15) is 4.79 Å². The molecular formula is C23H38N4O. The number of carbonyl (C=O) groups is 1. The molecular weight excluding hydrogens is 348 g/mol. The quantitative estimate of drug-likeness (QED) is 0.529. The lowest BCUT2D eigenvalue weighted by molar-refractivity contribution is -0.136. The molecule has 2 N–H and O–H groups in total. The van der Waals surface area contributed by atoms with Crippen LogP contribution in [-0.4, -0.2) is 42.4 Å². The number of aryl methyl sites for hydroxylation is 1. The lowest BCUT2D eigenvalue weighted by atomic mass is 9.98. The van der Waals surface area contributed by atoms with Gasteiger partial charge in [0.15, 0.2) is 5.96 Å². The summed E-state index contributed by atoms with van der Waals surface area (Å²) in [6.07, 6.45) is 4.84. The van der Waals surface area contributed by atoms with E-state index in [-0.39, 0.29) is 5.92 Å². The molecule has 0 bridgehead atoms. The fourth-order valence-corrected chi connectivity index (χ4v) is 3.87. The summed E-state index contributed by atoms with van der Waals surface area (Å²) in [6.45, 7) is 11.7. The number of hydrogen-bond donors (Lipinski definition) is 2. The van der Waals surface area contributed by atoms with E-state index in [1.165, 1.54) is 11.1 Å². The molecule has 1 aliphatic heterocycles. The van der Waals surface area contributed by atoms with E-state index in [4.69, 9.17) is 4.99 Å². The summed E-state index contributed by atoms with van der Waals surface area (Å²) in [5.74, 6) is 1.39. The highest BCUT2D eigenvalue weighted by Crippen LogP contribution is 2.17. The van der Waals surface area contributed by atoms with Gasteiger partial charge in [-0.15, -0.1) is 0 Å². The molecule has 0 aromatic heterocycles. The number of piperidine rings is 1. The molecule has 0 unspecified atom stereocenters. The number of likely N-dealkylation sites (tertiary alicyclic amines) is 1. The van der Waals surface area contributed by atoms with Crippen LogP contribution in [0.25, 0.3) is 0 Å². The van der Waals surface area contributed by atoms with Crippen LogP contribution in [0, 0.1) is 5.92 Å². The molecule has 5 heteroatoms. The third kappa shape index (κ3) is 6.25. The molecule has 156 valence electrons. The number of aliphatic imine (C=N–C) groups is 1. The minimum absolute atomic E-state index is 0.182. The highest BCUT2D eigenvalue weighted by Gasteiger charge is 2.26. The third-order valence-corrected chi connectivity index (χ3v) is 5.73. The van der Waals surface area contributed by atoms with E-state index in [2.05, 4.69) is 67.5 Å². The molecule has 1 aromatic carbocycles. The molecule has 1 amide bonds. The minimum Gasteiger partial charge on any atom is -0.357 e. The molecule has 1 heterocycles. The maximum absolute atomic E-state index is 12.6. The maximum atomic E-state index is 12.6. The molecule has 1 aromatic rings. The molecule has 28 heavy (non-hydrogen) atoms. The second kappa shape index (κ2) is 11.7. The van der Waals surface area contributed by atoms with Crippen molar-refractivity contribution in [1.82, 2.24) is 15.5 Å². The number of nitrogens with one attached hydrogen (secondary N) is 2. The van der Waals surface area contributed by atoms with Crippen LogP contribution in [-0.2, 0) is 17.8 Å². The van der Waals surface area contributed by atoms with Crippen molar-refractivity contribution in [2.45, 2.75) is 72.4 Å².